The molecule has 1 atom stereocenters. The number of fused-ring (bicyclic) bond motifs is 1. The summed E-state index contributed by atoms with van der Waals surface area (Å²) in [6, 6.07) is 27.8. The number of carbonyl (C=O) groups is 3. The first-order chi connectivity index (χ1) is 17.9. The Morgan fingerprint density at radius 3 is 2.30 bits per heavy atom. The van der Waals surface area contributed by atoms with Gasteiger partial charge in [0.15, 0.2) is 0 Å². The summed E-state index contributed by atoms with van der Waals surface area (Å²) in [5, 5.41) is 3.68. The minimum Gasteiger partial charge on any atom is -0.496 e. The van der Waals surface area contributed by atoms with Crippen LogP contribution in [-0.4, -0.2) is 41.4 Å². The molecular weight excluding hydrogens is 484 g/mol. The quantitative estimate of drug-likeness (QED) is 0.346. The fourth-order valence-corrected chi connectivity index (χ4v) is 5.39. The second-order valence-electron chi connectivity index (χ2n) is 9.05. The highest BCUT2D eigenvalue weighted by molar-refractivity contribution is 8.15. The molecule has 37 heavy (non-hydrogen) atoms. The molecule has 3 amide bonds. The summed E-state index contributed by atoms with van der Waals surface area (Å²) >= 11 is 1.04. The molecule has 7 heteroatoms. The molecule has 0 radical (unpaired) electrons. The molecule has 1 unspecified atom stereocenters. The summed E-state index contributed by atoms with van der Waals surface area (Å²) in [5.41, 5.74) is 4.62. The number of carbonyl (C=O) groups excluding carboxylic acids is 3. The van der Waals surface area contributed by atoms with Crippen LogP contribution in [0.15, 0.2) is 84.9 Å². The Labute approximate surface area is 219 Å². The van der Waals surface area contributed by atoms with Gasteiger partial charge in [-0.2, -0.15) is 0 Å². The minimum atomic E-state index is -0.379. The molecule has 1 N–H and O–H groups in total. The van der Waals surface area contributed by atoms with Gasteiger partial charge in [-0.05, 0) is 57.6 Å². The van der Waals surface area contributed by atoms with Crippen molar-refractivity contribution < 1.29 is 19.1 Å². The Morgan fingerprint density at radius 2 is 1.62 bits per heavy atom. The number of hydrogen-bond donors (Lipinski definition) is 1. The monoisotopic (exact) mass is 510 g/mol. The van der Waals surface area contributed by atoms with Crippen LogP contribution in [0.25, 0.3) is 21.9 Å². The Bertz CT molecular complexity index is 1500. The van der Waals surface area contributed by atoms with Crippen LogP contribution in [0.1, 0.15) is 21.5 Å². The van der Waals surface area contributed by atoms with Crippen LogP contribution >= 0.6 is 11.8 Å². The summed E-state index contributed by atoms with van der Waals surface area (Å²) in [7, 11) is 3.37. The van der Waals surface area contributed by atoms with Gasteiger partial charge in [0, 0.05) is 13.6 Å². The lowest BCUT2D eigenvalue weighted by atomic mass is 10.00. The summed E-state index contributed by atoms with van der Waals surface area (Å²) in [4.78, 5) is 38.3. The highest BCUT2D eigenvalue weighted by Gasteiger charge is 2.31. The van der Waals surface area contributed by atoms with Crippen molar-refractivity contribution in [2.24, 2.45) is 0 Å². The first-order valence-corrected chi connectivity index (χ1v) is 12.8. The lowest BCUT2D eigenvalue weighted by Crippen LogP contribution is -2.26. The molecule has 0 aromatic heterocycles. The number of thioether (sulfide) groups is 1. The van der Waals surface area contributed by atoms with E-state index in [4.69, 9.17) is 4.74 Å². The van der Waals surface area contributed by atoms with Gasteiger partial charge in [0.25, 0.3) is 11.1 Å². The smallest absolute Gasteiger partial charge is 0.286 e. The Balaban J connectivity index is 1.30. The van der Waals surface area contributed by atoms with E-state index in [1.165, 1.54) is 0 Å². The van der Waals surface area contributed by atoms with Gasteiger partial charge in [-0.1, -0.05) is 78.5 Å². The number of benzene rings is 4. The normalized spacial score (nSPS) is 15.0. The number of nitrogens with zero attached hydrogens (tertiary/aromatic N) is 1. The van der Waals surface area contributed by atoms with Gasteiger partial charge in [-0.25, -0.2) is 0 Å². The molecule has 0 bridgehead atoms. The molecule has 6 nitrogen and oxygen atoms in total. The number of rotatable bonds is 7. The average molecular weight is 511 g/mol. The Morgan fingerprint density at radius 1 is 0.892 bits per heavy atom. The maximum absolute atomic E-state index is 13.3. The van der Waals surface area contributed by atoms with Crippen molar-refractivity contribution in [2.75, 3.05) is 14.2 Å². The van der Waals surface area contributed by atoms with Gasteiger partial charge in [0.05, 0.1) is 17.9 Å². The fourth-order valence-electron chi connectivity index (χ4n) is 4.53. The molecule has 0 spiro atoms. The molecule has 0 aliphatic carbocycles. The number of ether oxygens (including phenoxy) is 1. The van der Waals surface area contributed by atoms with Crippen molar-refractivity contribution in [2.45, 2.75) is 18.2 Å². The van der Waals surface area contributed by atoms with Crippen molar-refractivity contribution in [3.8, 4) is 16.9 Å². The van der Waals surface area contributed by atoms with E-state index in [0.717, 1.165) is 44.8 Å². The zero-order valence-electron chi connectivity index (χ0n) is 20.6. The standard InChI is InChI=1S/C30H26N2O4S/c1-32(29(34)25-16-23-7-3-4-8-24(23)17-26(25)36-2)18-20-6-5-9-22(14-20)21-12-10-19(11-13-21)15-27-28(33)31-30(35)37-27/h3-14,16-17,27H,15,18H2,1-2H3,(H,31,33,35). The number of imide groups is 1. The zero-order valence-corrected chi connectivity index (χ0v) is 21.4. The molecule has 0 saturated carbocycles. The van der Waals surface area contributed by atoms with Crippen molar-refractivity contribution in [1.29, 1.82) is 0 Å². The van der Waals surface area contributed by atoms with Gasteiger partial charge in [0.2, 0.25) is 5.91 Å². The molecule has 1 fully saturated rings. The van der Waals surface area contributed by atoms with E-state index in [1.54, 1.807) is 19.1 Å². The first-order valence-electron chi connectivity index (χ1n) is 11.9. The van der Waals surface area contributed by atoms with E-state index in [0.29, 0.717) is 24.3 Å². The van der Waals surface area contributed by atoms with Crippen LogP contribution in [0.5, 0.6) is 5.75 Å². The SMILES string of the molecule is COc1cc2ccccc2cc1C(=O)N(C)Cc1cccc(-c2ccc(CC3SC(=O)NC3=O)cc2)c1. The zero-order chi connectivity index (χ0) is 25.9. The first kappa shape index (κ1) is 24.6. The average Bonchev–Trinajstić information content (AvgIpc) is 3.23. The predicted molar refractivity (Wildman–Crippen MR) is 147 cm³/mol. The highest BCUT2D eigenvalue weighted by atomic mass is 32.2. The summed E-state index contributed by atoms with van der Waals surface area (Å²) < 4.78 is 5.53. The molecule has 1 aliphatic rings. The Kier molecular flexibility index (Phi) is 6.97. The molecule has 1 aliphatic heterocycles. The van der Waals surface area contributed by atoms with E-state index < -0.39 is 0 Å². The molecule has 4 aromatic rings. The maximum atomic E-state index is 13.3. The van der Waals surface area contributed by atoms with E-state index in [2.05, 4.69) is 11.4 Å². The largest absolute Gasteiger partial charge is 0.496 e. The van der Waals surface area contributed by atoms with Crippen LogP contribution in [0.3, 0.4) is 0 Å². The van der Waals surface area contributed by atoms with Crippen LogP contribution in [-0.2, 0) is 17.8 Å². The lowest BCUT2D eigenvalue weighted by molar-refractivity contribution is -0.118. The number of hydrogen-bond acceptors (Lipinski definition) is 5. The Hall–Kier alpha value is -4.10. The summed E-state index contributed by atoms with van der Waals surface area (Å²) in [6.45, 7) is 0.447. The third-order valence-electron chi connectivity index (χ3n) is 6.47. The van der Waals surface area contributed by atoms with Crippen molar-refractivity contribution in [3.05, 3.63) is 102 Å². The number of nitrogens with one attached hydrogen (secondary N) is 1. The highest BCUT2D eigenvalue weighted by Crippen LogP contribution is 2.28. The number of amides is 3. The van der Waals surface area contributed by atoms with E-state index >= 15 is 0 Å². The third-order valence-corrected chi connectivity index (χ3v) is 7.45. The minimum absolute atomic E-state index is 0.107. The van der Waals surface area contributed by atoms with Crippen LogP contribution in [0, 0.1) is 0 Å². The summed E-state index contributed by atoms with van der Waals surface area (Å²) in [5.74, 6) is 0.221. The fraction of sp³-hybridized carbons (Fsp3) is 0.167. The van der Waals surface area contributed by atoms with Gasteiger partial charge in [-0.3, -0.25) is 19.7 Å². The topological polar surface area (TPSA) is 75.7 Å². The second-order valence-corrected chi connectivity index (χ2v) is 10.2. The summed E-state index contributed by atoms with van der Waals surface area (Å²) in [6.07, 6.45) is 0.508. The van der Waals surface area contributed by atoms with E-state index in [1.807, 2.05) is 78.9 Å². The van der Waals surface area contributed by atoms with Crippen molar-refractivity contribution in [1.82, 2.24) is 10.2 Å². The molecule has 1 heterocycles. The molecule has 5 rings (SSSR count). The van der Waals surface area contributed by atoms with Crippen molar-refractivity contribution >= 4 is 39.6 Å². The molecule has 4 aromatic carbocycles. The molecule has 186 valence electrons. The lowest BCUT2D eigenvalue weighted by Gasteiger charge is -2.20. The van der Waals surface area contributed by atoms with Crippen molar-refractivity contribution in [3.63, 3.8) is 0 Å². The second kappa shape index (κ2) is 10.5. The van der Waals surface area contributed by atoms with Crippen LogP contribution in [0.2, 0.25) is 0 Å². The third kappa shape index (κ3) is 5.37. The van der Waals surface area contributed by atoms with Gasteiger partial charge >= 0.3 is 0 Å². The van der Waals surface area contributed by atoms with Gasteiger partial charge in [-0.15, -0.1) is 0 Å². The molecular formula is C30H26N2O4S. The van der Waals surface area contributed by atoms with Crippen LogP contribution in [0.4, 0.5) is 4.79 Å². The van der Waals surface area contributed by atoms with Gasteiger partial charge in [0.1, 0.15) is 5.75 Å². The van der Waals surface area contributed by atoms with E-state index in [9.17, 15) is 14.4 Å². The van der Waals surface area contributed by atoms with Gasteiger partial charge < -0.3 is 9.64 Å². The number of methoxy groups -OCH3 is 1. The maximum Gasteiger partial charge on any atom is 0.286 e. The molecule has 1 saturated heterocycles. The predicted octanol–water partition coefficient (Wildman–Crippen LogP) is 5.68. The van der Waals surface area contributed by atoms with Crippen LogP contribution < -0.4 is 10.1 Å². The van der Waals surface area contributed by atoms with E-state index in [-0.39, 0.29) is 22.3 Å².